The third-order valence-electron chi connectivity index (χ3n) is 4.99. The van der Waals surface area contributed by atoms with E-state index >= 15 is 0 Å². The molecule has 0 unspecified atom stereocenters. The van der Waals surface area contributed by atoms with Crippen molar-refractivity contribution in [2.75, 3.05) is 10.0 Å². The van der Waals surface area contributed by atoms with Gasteiger partial charge in [-0.3, -0.25) is 9.52 Å². The summed E-state index contributed by atoms with van der Waals surface area (Å²) < 4.78 is 72.0. The molecule has 3 aromatic carbocycles. The van der Waals surface area contributed by atoms with Crippen LogP contribution in [0.1, 0.15) is 15.9 Å². The molecule has 0 aliphatic heterocycles. The molecule has 1 aromatic heterocycles. The first kappa shape index (κ1) is 27.2. The number of pyridine rings is 1. The summed E-state index contributed by atoms with van der Waals surface area (Å²) in [6, 6.07) is 16.9. The number of rotatable bonds is 7. The Hall–Kier alpha value is -3.80. The number of carbonyl (C=O) groups is 1. The van der Waals surface area contributed by atoms with E-state index < -0.39 is 27.7 Å². The average Bonchev–Trinajstić information content (AvgIpc) is 2.86. The molecule has 0 aliphatic rings. The van der Waals surface area contributed by atoms with E-state index in [4.69, 9.17) is 27.9 Å². The average molecular weight is 582 g/mol. The molecular weight excluding hydrogens is 566 g/mol. The minimum absolute atomic E-state index is 0.0163. The molecule has 0 saturated carbocycles. The van der Waals surface area contributed by atoms with Crippen molar-refractivity contribution >= 4 is 50.5 Å². The number of carbonyl (C=O) groups excluding carboxylic acids is 1. The highest BCUT2D eigenvalue weighted by molar-refractivity contribution is 7.92. The van der Waals surface area contributed by atoms with Gasteiger partial charge in [0.25, 0.3) is 15.9 Å². The Bertz CT molecular complexity index is 1580. The van der Waals surface area contributed by atoms with E-state index in [-0.39, 0.29) is 32.8 Å². The van der Waals surface area contributed by atoms with Gasteiger partial charge in [0.15, 0.2) is 0 Å². The third-order valence-corrected chi connectivity index (χ3v) is 6.86. The lowest BCUT2D eigenvalue weighted by Gasteiger charge is -2.14. The lowest BCUT2D eigenvalue weighted by molar-refractivity contribution is -0.137. The number of hydrogen-bond acceptors (Lipinski definition) is 5. The second-order valence-electron chi connectivity index (χ2n) is 7.71. The number of ether oxygens (including phenoxy) is 1. The Labute approximate surface area is 225 Å². The molecule has 4 rings (SSSR count). The minimum Gasteiger partial charge on any atom is -0.439 e. The number of anilines is 2. The number of hydrogen-bond donors (Lipinski definition) is 2. The van der Waals surface area contributed by atoms with E-state index in [2.05, 4.69) is 15.0 Å². The summed E-state index contributed by atoms with van der Waals surface area (Å²) in [5.74, 6) is -0.753. The lowest BCUT2D eigenvalue weighted by atomic mass is 10.1. The zero-order valence-electron chi connectivity index (χ0n) is 19.0. The Morgan fingerprint density at radius 3 is 2.18 bits per heavy atom. The number of amides is 1. The van der Waals surface area contributed by atoms with Crippen molar-refractivity contribution in [1.29, 1.82) is 0 Å². The number of alkyl halides is 3. The molecule has 0 atom stereocenters. The van der Waals surface area contributed by atoms with Crippen LogP contribution in [0.5, 0.6) is 11.6 Å². The molecular formula is C25H16Cl2F3N3O4S. The molecule has 0 radical (unpaired) electrons. The standard InChI is InChI=1S/C25H16Cl2F3N3O4S/c26-16-1-8-20(9-2-16)38(35,36)33-22-10-3-17(27)14-21(22)24(34)32-18-4-6-19(7-5-18)37-23-13-15(11-12-31-23)25(28,29)30/h1-14,33H,(H,32,34). The smallest absolute Gasteiger partial charge is 0.416 e. The summed E-state index contributed by atoms with van der Waals surface area (Å²) in [7, 11) is -4.04. The summed E-state index contributed by atoms with van der Waals surface area (Å²) in [5.41, 5.74) is -0.679. The summed E-state index contributed by atoms with van der Waals surface area (Å²) in [5, 5.41) is 3.16. The van der Waals surface area contributed by atoms with Gasteiger partial charge in [-0.1, -0.05) is 23.2 Å². The number of benzene rings is 3. The largest absolute Gasteiger partial charge is 0.439 e. The van der Waals surface area contributed by atoms with E-state index in [1.54, 1.807) is 0 Å². The number of nitrogens with zero attached hydrogens (tertiary/aromatic N) is 1. The van der Waals surface area contributed by atoms with Crippen molar-refractivity contribution in [3.05, 3.63) is 106 Å². The van der Waals surface area contributed by atoms with Crippen molar-refractivity contribution in [3.8, 4) is 11.6 Å². The fourth-order valence-electron chi connectivity index (χ4n) is 3.18. The van der Waals surface area contributed by atoms with Crippen LogP contribution in [0, 0.1) is 0 Å². The maximum Gasteiger partial charge on any atom is 0.416 e. The molecule has 7 nitrogen and oxygen atoms in total. The summed E-state index contributed by atoms with van der Waals surface area (Å²) in [6.45, 7) is 0. The van der Waals surface area contributed by atoms with Crippen LogP contribution in [0.4, 0.5) is 24.5 Å². The molecule has 196 valence electrons. The van der Waals surface area contributed by atoms with Crippen molar-refractivity contribution in [1.82, 2.24) is 4.98 Å². The molecule has 38 heavy (non-hydrogen) atoms. The van der Waals surface area contributed by atoms with Gasteiger partial charge >= 0.3 is 6.18 Å². The van der Waals surface area contributed by atoms with Gasteiger partial charge in [-0.05, 0) is 72.8 Å². The molecule has 0 saturated heterocycles. The van der Waals surface area contributed by atoms with E-state index in [1.165, 1.54) is 66.7 Å². The van der Waals surface area contributed by atoms with Crippen LogP contribution in [0.3, 0.4) is 0 Å². The maximum atomic E-state index is 13.0. The van der Waals surface area contributed by atoms with Gasteiger partial charge in [-0.2, -0.15) is 13.2 Å². The maximum absolute atomic E-state index is 13.0. The molecule has 0 aliphatic carbocycles. The van der Waals surface area contributed by atoms with E-state index in [9.17, 15) is 26.4 Å². The highest BCUT2D eigenvalue weighted by Crippen LogP contribution is 2.32. The highest BCUT2D eigenvalue weighted by atomic mass is 35.5. The van der Waals surface area contributed by atoms with Crippen LogP contribution in [0.15, 0.2) is 90.0 Å². The molecule has 1 amide bonds. The van der Waals surface area contributed by atoms with Gasteiger partial charge < -0.3 is 10.1 Å². The SMILES string of the molecule is O=C(Nc1ccc(Oc2cc(C(F)(F)F)ccn2)cc1)c1cc(Cl)ccc1NS(=O)(=O)c1ccc(Cl)cc1. The summed E-state index contributed by atoms with van der Waals surface area (Å²) in [6.07, 6.45) is -3.56. The van der Waals surface area contributed by atoms with E-state index in [1.807, 2.05) is 0 Å². The summed E-state index contributed by atoms with van der Waals surface area (Å²) in [4.78, 5) is 16.7. The van der Waals surface area contributed by atoms with Gasteiger partial charge in [0.1, 0.15) is 5.75 Å². The molecule has 0 fully saturated rings. The predicted octanol–water partition coefficient (Wildman–Crippen LogP) is 7.25. The van der Waals surface area contributed by atoms with Crippen LogP contribution in [0.2, 0.25) is 10.0 Å². The second-order valence-corrected chi connectivity index (χ2v) is 10.3. The fourth-order valence-corrected chi connectivity index (χ4v) is 4.56. The molecule has 2 N–H and O–H groups in total. The van der Waals surface area contributed by atoms with Crippen LogP contribution in [-0.4, -0.2) is 19.3 Å². The van der Waals surface area contributed by atoms with Crippen LogP contribution >= 0.6 is 23.2 Å². The Morgan fingerprint density at radius 2 is 1.53 bits per heavy atom. The molecule has 13 heteroatoms. The van der Waals surface area contributed by atoms with E-state index in [0.29, 0.717) is 10.7 Å². The minimum atomic E-state index is -4.54. The van der Waals surface area contributed by atoms with Crippen molar-refractivity contribution in [2.45, 2.75) is 11.1 Å². The van der Waals surface area contributed by atoms with Gasteiger partial charge in [0.05, 0.1) is 21.7 Å². The predicted molar refractivity (Wildman–Crippen MR) is 137 cm³/mol. The third kappa shape index (κ3) is 6.74. The monoisotopic (exact) mass is 581 g/mol. The van der Waals surface area contributed by atoms with Crippen molar-refractivity contribution < 1.29 is 31.1 Å². The normalized spacial score (nSPS) is 11.6. The van der Waals surface area contributed by atoms with Crippen LogP contribution in [0.25, 0.3) is 0 Å². The first-order valence-electron chi connectivity index (χ1n) is 10.6. The van der Waals surface area contributed by atoms with E-state index in [0.717, 1.165) is 18.3 Å². The van der Waals surface area contributed by atoms with Crippen molar-refractivity contribution in [3.63, 3.8) is 0 Å². The molecule has 4 aromatic rings. The molecule has 0 bridgehead atoms. The van der Waals surface area contributed by atoms with Gasteiger partial charge in [-0.25, -0.2) is 13.4 Å². The zero-order valence-corrected chi connectivity index (χ0v) is 21.3. The number of sulfonamides is 1. The Kier molecular flexibility index (Phi) is 7.81. The van der Waals surface area contributed by atoms with Crippen LogP contribution in [-0.2, 0) is 16.2 Å². The topological polar surface area (TPSA) is 97.4 Å². The first-order chi connectivity index (χ1) is 17.9. The molecule has 0 spiro atoms. The zero-order chi connectivity index (χ0) is 27.5. The van der Waals surface area contributed by atoms with Gasteiger partial charge in [-0.15, -0.1) is 0 Å². The highest BCUT2D eigenvalue weighted by Gasteiger charge is 2.31. The number of aromatic nitrogens is 1. The fraction of sp³-hybridized carbons (Fsp3) is 0.0400. The summed E-state index contributed by atoms with van der Waals surface area (Å²) >= 11 is 11.9. The lowest BCUT2D eigenvalue weighted by Crippen LogP contribution is -2.18. The number of halogens is 5. The van der Waals surface area contributed by atoms with Crippen molar-refractivity contribution in [2.24, 2.45) is 0 Å². The molecule has 1 heterocycles. The quantitative estimate of drug-likeness (QED) is 0.239. The van der Waals surface area contributed by atoms with Gasteiger partial charge in [0, 0.05) is 28.0 Å². The number of nitrogens with one attached hydrogen (secondary N) is 2. The first-order valence-corrected chi connectivity index (χ1v) is 12.8. The Morgan fingerprint density at radius 1 is 0.868 bits per heavy atom. The van der Waals surface area contributed by atoms with Crippen LogP contribution < -0.4 is 14.8 Å². The second kappa shape index (κ2) is 10.9. The Balaban J connectivity index is 1.50. The van der Waals surface area contributed by atoms with Gasteiger partial charge in [0.2, 0.25) is 5.88 Å².